The van der Waals surface area contributed by atoms with E-state index in [9.17, 15) is 9.36 Å². The summed E-state index contributed by atoms with van der Waals surface area (Å²) in [7, 11) is -2.66. The highest BCUT2D eigenvalue weighted by molar-refractivity contribution is 7.32. The predicted molar refractivity (Wildman–Crippen MR) is 114 cm³/mol. The molecule has 8 heteroatoms. The zero-order valence-electron chi connectivity index (χ0n) is 18.2. The summed E-state index contributed by atoms with van der Waals surface area (Å²) in [6.45, 7) is 6.32. The van der Waals surface area contributed by atoms with Crippen molar-refractivity contribution < 1.29 is 29.1 Å². The lowest BCUT2D eigenvalue weighted by Gasteiger charge is -2.58. The summed E-state index contributed by atoms with van der Waals surface area (Å²) in [4.78, 5) is 26.0. The number of hydrogen-bond acceptors (Lipinski definition) is 5. The summed E-state index contributed by atoms with van der Waals surface area (Å²) in [6.07, 6.45) is 11.1. The van der Waals surface area contributed by atoms with Crippen LogP contribution in [0.2, 0.25) is 0 Å². The number of fused-ring (bicyclic) bond motifs is 5. The first-order valence-corrected chi connectivity index (χ1v) is 12.1. The summed E-state index contributed by atoms with van der Waals surface area (Å²) in [5.41, 5.74) is 2.78. The van der Waals surface area contributed by atoms with Gasteiger partial charge in [-0.3, -0.25) is 4.79 Å². The Kier molecular flexibility index (Phi) is 6.88. The van der Waals surface area contributed by atoms with Crippen molar-refractivity contribution in [1.29, 1.82) is 0 Å². The number of hydrogen-bond donors (Lipinski definition) is 1. The zero-order valence-corrected chi connectivity index (χ0v) is 19.1. The van der Waals surface area contributed by atoms with Gasteiger partial charge in [-0.1, -0.05) is 29.1 Å². The lowest BCUT2D eigenvalue weighted by atomic mass is 9.46. The molecular formula is C22H35NO6P+. The van der Waals surface area contributed by atoms with Crippen LogP contribution in [0.5, 0.6) is 0 Å². The number of Topliss-reactive ketones (excluding diaryl/α,β-unsaturated/α-hetero) is 1. The van der Waals surface area contributed by atoms with Crippen LogP contribution in [0.3, 0.4) is 0 Å². The van der Waals surface area contributed by atoms with Crippen molar-refractivity contribution >= 4 is 19.7 Å². The molecule has 0 aliphatic heterocycles. The molecule has 0 aromatic heterocycles. The Balaban J connectivity index is 0.00000256. The fourth-order valence-corrected chi connectivity index (χ4v) is 7.63. The number of carbonyl (C=O) groups excluding carboxylic acids is 1. The van der Waals surface area contributed by atoms with Crippen LogP contribution in [-0.4, -0.2) is 28.7 Å². The molecule has 0 heterocycles. The van der Waals surface area contributed by atoms with Gasteiger partial charge in [-0.15, -0.1) is 4.89 Å². The summed E-state index contributed by atoms with van der Waals surface area (Å²) in [5, 5.41) is 4.11. The van der Waals surface area contributed by atoms with Gasteiger partial charge < -0.3 is 10.3 Å². The van der Waals surface area contributed by atoms with Gasteiger partial charge in [0.05, 0.1) is 5.71 Å². The highest BCUT2D eigenvalue weighted by atomic mass is 31.1. The maximum atomic E-state index is 12.3. The Morgan fingerprint density at radius 1 is 1.20 bits per heavy atom. The molecule has 4 aliphatic rings. The number of allylic oxidation sites excluding steroid dienone is 2. The van der Waals surface area contributed by atoms with Crippen molar-refractivity contribution in [1.82, 2.24) is 0 Å². The molecule has 0 aromatic carbocycles. The average molecular weight is 440 g/mol. The van der Waals surface area contributed by atoms with Crippen LogP contribution in [0, 0.1) is 34.5 Å². The van der Waals surface area contributed by atoms with E-state index in [1.165, 1.54) is 31.3 Å². The second kappa shape index (κ2) is 8.78. The first-order chi connectivity index (χ1) is 13.8. The fraction of sp³-hybridized carbons (Fsp3) is 0.818. The highest BCUT2D eigenvalue weighted by Crippen LogP contribution is 2.66. The van der Waals surface area contributed by atoms with Crippen molar-refractivity contribution in [2.75, 3.05) is 6.79 Å². The number of nitrogens with zero attached hydrogens (tertiary/aromatic N) is 1. The van der Waals surface area contributed by atoms with Crippen molar-refractivity contribution in [2.24, 2.45) is 39.7 Å². The highest BCUT2D eigenvalue weighted by Gasteiger charge is 2.59. The summed E-state index contributed by atoms with van der Waals surface area (Å²) < 4.78 is 15.0. The molecule has 7 nitrogen and oxygen atoms in total. The summed E-state index contributed by atoms with van der Waals surface area (Å²) in [5.74, 6) is 2.75. The molecule has 0 saturated heterocycles. The second-order valence-electron chi connectivity index (χ2n) is 9.98. The van der Waals surface area contributed by atoms with Gasteiger partial charge in [0.25, 0.3) is 6.79 Å². The van der Waals surface area contributed by atoms with E-state index in [0.29, 0.717) is 17.6 Å². The lowest BCUT2D eigenvalue weighted by molar-refractivity contribution is -0.127. The normalized spacial score (nSPS) is 41.7. The van der Waals surface area contributed by atoms with Crippen molar-refractivity contribution in [3.8, 4) is 0 Å². The van der Waals surface area contributed by atoms with E-state index in [1.807, 2.05) is 0 Å². The Morgan fingerprint density at radius 2 is 1.97 bits per heavy atom. The van der Waals surface area contributed by atoms with E-state index in [4.69, 9.17) is 9.73 Å². The van der Waals surface area contributed by atoms with Crippen molar-refractivity contribution in [2.45, 2.75) is 72.1 Å². The monoisotopic (exact) mass is 440 g/mol. The molecule has 3 N–H and O–H groups in total. The predicted octanol–water partition coefficient (Wildman–Crippen LogP) is 4.33. The smallest absolute Gasteiger partial charge is 0.412 e. The van der Waals surface area contributed by atoms with Gasteiger partial charge in [0.2, 0.25) is 0 Å². The van der Waals surface area contributed by atoms with Gasteiger partial charge in [0.15, 0.2) is 0 Å². The molecule has 30 heavy (non-hydrogen) atoms. The van der Waals surface area contributed by atoms with E-state index in [2.05, 4.69) is 29.6 Å². The van der Waals surface area contributed by atoms with Crippen LogP contribution in [0.1, 0.15) is 72.1 Å². The molecule has 0 spiro atoms. The molecular weight excluding hydrogens is 405 g/mol. The van der Waals surface area contributed by atoms with E-state index < -0.39 is 8.25 Å². The molecule has 7 atom stereocenters. The molecule has 168 valence electrons. The van der Waals surface area contributed by atoms with Crippen LogP contribution < -0.4 is 0 Å². The Labute approximate surface area is 179 Å². The van der Waals surface area contributed by atoms with Crippen molar-refractivity contribution in [3.05, 3.63) is 11.6 Å². The van der Waals surface area contributed by atoms with E-state index in [-0.39, 0.29) is 29.0 Å². The largest absolute Gasteiger partial charge is 0.698 e. The number of carbonyl (C=O) groups is 1. The molecule has 3 saturated carbocycles. The third-order valence-corrected chi connectivity index (χ3v) is 9.19. The van der Waals surface area contributed by atoms with Gasteiger partial charge >= 0.3 is 8.25 Å². The summed E-state index contributed by atoms with van der Waals surface area (Å²) in [6, 6.07) is 0. The van der Waals surface area contributed by atoms with Crippen LogP contribution in [0.4, 0.5) is 0 Å². The lowest BCUT2D eigenvalue weighted by Crippen LogP contribution is -2.51. The Hall–Kier alpha value is -1.14. The van der Waals surface area contributed by atoms with Gasteiger partial charge in [-0.2, -0.15) is 0 Å². The van der Waals surface area contributed by atoms with Gasteiger partial charge in [-0.25, -0.2) is 0 Å². The quantitative estimate of drug-likeness (QED) is 0.296. The molecule has 0 radical (unpaired) electrons. The first-order valence-electron chi connectivity index (χ1n) is 10.9. The van der Waals surface area contributed by atoms with Crippen LogP contribution in [-0.2, 0) is 18.7 Å². The third kappa shape index (κ3) is 3.90. The SMILES string of the molecule is CC(=O)[C@H]1CC[C@H]2[C@@H]3CCC4=C/C(=N/OCO[P+](=O)O)CC[C@]4(C)[C@H]3CC[C@]12C.O. The van der Waals surface area contributed by atoms with Gasteiger partial charge in [-0.05, 0) is 93.0 Å². The second-order valence-corrected chi connectivity index (χ2v) is 10.7. The minimum absolute atomic E-state index is 0. The van der Waals surface area contributed by atoms with Crippen molar-refractivity contribution in [3.63, 3.8) is 0 Å². The minimum Gasteiger partial charge on any atom is -0.412 e. The maximum Gasteiger partial charge on any atom is 0.698 e. The third-order valence-electron chi connectivity index (χ3n) is 8.87. The molecule has 4 rings (SSSR count). The van der Waals surface area contributed by atoms with Crippen LogP contribution in [0.15, 0.2) is 16.8 Å². The summed E-state index contributed by atoms with van der Waals surface area (Å²) >= 11 is 0. The topological polar surface area (TPSA) is 117 Å². The van der Waals surface area contributed by atoms with Crippen LogP contribution in [0.25, 0.3) is 0 Å². The molecule has 0 amide bonds. The number of oxime groups is 1. The van der Waals surface area contributed by atoms with Crippen LogP contribution >= 0.6 is 8.25 Å². The minimum atomic E-state index is -2.66. The van der Waals surface area contributed by atoms with E-state index in [1.54, 1.807) is 6.92 Å². The Bertz CT molecular complexity index is 767. The van der Waals surface area contributed by atoms with Gasteiger partial charge in [0, 0.05) is 10.5 Å². The Morgan fingerprint density at radius 3 is 2.67 bits per heavy atom. The number of ketones is 1. The fourth-order valence-electron chi connectivity index (χ4n) is 7.49. The standard InChI is InChI=1S/C22H32NO5P.H2O/c1-14(24)18-6-7-19-17-5-4-15-12-16(23-27-13-28-29(25)26)8-10-21(15,2)20(17)9-11-22(18,19)3;/h12,17-20H,4-11,13H2,1-3H3;1H2/p+1/b23-16+;/t17-,18+,19-,20-,21-,22+;/m0./s1. The average Bonchev–Trinajstić information content (AvgIpc) is 3.02. The molecule has 0 aromatic rings. The zero-order chi connectivity index (χ0) is 20.8. The maximum absolute atomic E-state index is 12.3. The van der Waals surface area contributed by atoms with E-state index in [0.717, 1.165) is 37.3 Å². The molecule has 4 aliphatic carbocycles. The van der Waals surface area contributed by atoms with E-state index >= 15 is 0 Å². The first kappa shape index (κ1) is 23.5. The molecule has 0 bridgehead atoms. The molecule has 1 unspecified atom stereocenters. The number of rotatable bonds is 5. The van der Waals surface area contributed by atoms with Gasteiger partial charge in [0.1, 0.15) is 5.78 Å². The molecule has 3 fully saturated rings.